The minimum Gasteiger partial charge on any atom is -0.338 e. The van der Waals surface area contributed by atoms with Gasteiger partial charge >= 0.3 is 6.03 Å². The quantitative estimate of drug-likeness (QED) is 0.617. The van der Waals surface area contributed by atoms with E-state index in [1.807, 2.05) is 67.6 Å². The molecule has 0 spiro atoms. The standard InChI is InChI=1S/C23H24N2O2/c1-2-13-24-23(27)25-14-12-19-16-20(15-18-10-6-7-11-21(18)19)22(26)17-8-4-3-5-9-17/h3-11,15-16H,2,12-14H2,1H3,(H2,24,25,27). The highest BCUT2D eigenvalue weighted by Gasteiger charge is 2.12. The monoisotopic (exact) mass is 360 g/mol. The molecule has 0 radical (unpaired) electrons. The summed E-state index contributed by atoms with van der Waals surface area (Å²) in [6.45, 7) is 3.19. The molecule has 0 atom stereocenters. The van der Waals surface area contributed by atoms with E-state index in [2.05, 4.69) is 16.7 Å². The summed E-state index contributed by atoms with van der Waals surface area (Å²) in [5, 5.41) is 7.82. The van der Waals surface area contributed by atoms with Gasteiger partial charge in [0, 0.05) is 24.2 Å². The molecule has 138 valence electrons. The molecule has 4 nitrogen and oxygen atoms in total. The molecule has 0 unspecified atom stereocenters. The average molecular weight is 360 g/mol. The molecule has 0 fully saturated rings. The van der Waals surface area contributed by atoms with Crippen LogP contribution < -0.4 is 10.6 Å². The van der Waals surface area contributed by atoms with Crippen molar-refractivity contribution < 1.29 is 9.59 Å². The summed E-state index contributed by atoms with van der Waals surface area (Å²) in [7, 11) is 0. The molecule has 2 amide bonds. The van der Waals surface area contributed by atoms with Crippen LogP contribution in [0.1, 0.15) is 34.8 Å². The Balaban J connectivity index is 1.83. The smallest absolute Gasteiger partial charge is 0.314 e. The van der Waals surface area contributed by atoms with E-state index in [-0.39, 0.29) is 11.8 Å². The number of urea groups is 1. The molecule has 3 aromatic carbocycles. The lowest BCUT2D eigenvalue weighted by Gasteiger charge is -2.11. The molecule has 0 heterocycles. The Bertz CT molecular complexity index is 936. The lowest BCUT2D eigenvalue weighted by molar-refractivity contribution is 0.103. The lowest BCUT2D eigenvalue weighted by Crippen LogP contribution is -2.36. The zero-order chi connectivity index (χ0) is 19.1. The second-order valence-electron chi connectivity index (χ2n) is 6.48. The van der Waals surface area contributed by atoms with Crippen molar-refractivity contribution in [2.24, 2.45) is 0 Å². The third-order valence-corrected chi connectivity index (χ3v) is 4.46. The second-order valence-corrected chi connectivity index (χ2v) is 6.48. The highest BCUT2D eigenvalue weighted by atomic mass is 16.2. The van der Waals surface area contributed by atoms with E-state index in [0.717, 1.165) is 22.8 Å². The molecule has 0 aliphatic carbocycles. The summed E-state index contributed by atoms with van der Waals surface area (Å²) in [6, 6.07) is 21.1. The molecule has 0 aliphatic heterocycles. The maximum absolute atomic E-state index is 12.9. The van der Waals surface area contributed by atoms with Crippen LogP contribution in [-0.4, -0.2) is 24.9 Å². The van der Waals surface area contributed by atoms with Gasteiger partial charge in [0.15, 0.2) is 5.78 Å². The van der Waals surface area contributed by atoms with Crippen LogP contribution in [0.5, 0.6) is 0 Å². The van der Waals surface area contributed by atoms with Crippen molar-refractivity contribution in [3.05, 3.63) is 83.4 Å². The van der Waals surface area contributed by atoms with Crippen LogP contribution in [0.2, 0.25) is 0 Å². The molecular formula is C23H24N2O2. The van der Waals surface area contributed by atoms with Crippen LogP contribution in [0.4, 0.5) is 4.79 Å². The van der Waals surface area contributed by atoms with Crippen molar-refractivity contribution in [1.82, 2.24) is 10.6 Å². The first-order chi connectivity index (χ1) is 13.2. The number of ketones is 1. The molecule has 0 bridgehead atoms. The first kappa shape index (κ1) is 18.6. The highest BCUT2D eigenvalue weighted by molar-refractivity contribution is 6.11. The van der Waals surface area contributed by atoms with Gasteiger partial charge in [-0.25, -0.2) is 4.79 Å². The van der Waals surface area contributed by atoms with Gasteiger partial charge in [-0.2, -0.15) is 0 Å². The molecule has 2 N–H and O–H groups in total. The minimum absolute atomic E-state index is 0.0104. The maximum atomic E-state index is 12.9. The average Bonchev–Trinajstić information content (AvgIpc) is 2.72. The first-order valence-electron chi connectivity index (χ1n) is 9.32. The van der Waals surface area contributed by atoms with Crippen molar-refractivity contribution >= 4 is 22.6 Å². The number of carbonyl (C=O) groups is 2. The summed E-state index contributed by atoms with van der Waals surface area (Å²) in [4.78, 5) is 24.6. The van der Waals surface area contributed by atoms with Gasteiger partial charge in [0.1, 0.15) is 0 Å². The van der Waals surface area contributed by atoms with Gasteiger partial charge in [-0.05, 0) is 41.3 Å². The van der Waals surface area contributed by atoms with Crippen molar-refractivity contribution in [1.29, 1.82) is 0 Å². The summed E-state index contributed by atoms with van der Waals surface area (Å²) < 4.78 is 0. The number of hydrogen-bond donors (Lipinski definition) is 2. The molecule has 4 heteroatoms. The Morgan fingerprint density at radius 3 is 2.30 bits per heavy atom. The normalized spacial score (nSPS) is 10.6. The second kappa shape index (κ2) is 8.99. The molecule has 3 aromatic rings. The van der Waals surface area contributed by atoms with Gasteiger partial charge in [-0.3, -0.25) is 4.79 Å². The van der Waals surface area contributed by atoms with Crippen LogP contribution >= 0.6 is 0 Å². The molecule has 0 saturated carbocycles. The van der Waals surface area contributed by atoms with E-state index >= 15 is 0 Å². The Kier molecular flexibility index (Phi) is 6.21. The maximum Gasteiger partial charge on any atom is 0.314 e. The van der Waals surface area contributed by atoms with Gasteiger partial charge in [0.05, 0.1) is 0 Å². The fourth-order valence-corrected chi connectivity index (χ4v) is 3.10. The van der Waals surface area contributed by atoms with E-state index < -0.39 is 0 Å². The van der Waals surface area contributed by atoms with E-state index in [1.165, 1.54) is 0 Å². The number of hydrogen-bond acceptors (Lipinski definition) is 2. The molecule has 0 aromatic heterocycles. The van der Waals surface area contributed by atoms with Crippen molar-refractivity contribution in [2.45, 2.75) is 19.8 Å². The van der Waals surface area contributed by atoms with E-state index in [4.69, 9.17) is 0 Å². The Morgan fingerprint density at radius 2 is 1.52 bits per heavy atom. The zero-order valence-corrected chi connectivity index (χ0v) is 15.5. The summed E-state index contributed by atoms with van der Waals surface area (Å²) in [5.74, 6) is 0.0104. The molecule has 27 heavy (non-hydrogen) atoms. The number of nitrogens with one attached hydrogen (secondary N) is 2. The summed E-state index contributed by atoms with van der Waals surface area (Å²) in [6.07, 6.45) is 1.57. The number of benzene rings is 3. The molecule has 3 rings (SSSR count). The van der Waals surface area contributed by atoms with Gasteiger partial charge in [0.2, 0.25) is 0 Å². The Hall–Kier alpha value is -3.14. The summed E-state index contributed by atoms with van der Waals surface area (Å²) in [5.41, 5.74) is 2.41. The zero-order valence-electron chi connectivity index (χ0n) is 15.5. The van der Waals surface area contributed by atoms with Gasteiger partial charge < -0.3 is 10.6 Å². The van der Waals surface area contributed by atoms with Gasteiger partial charge in [-0.1, -0.05) is 61.5 Å². The van der Waals surface area contributed by atoms with Crippen LogP contribution in [0.15, 0.2) is 66.7 Å². The van der Waals surface area contributed by atoms with Crippen molar-refractivity contribution in [2.75, 3.05) is 13.1 Å². The topological polar surface area (TPSA) is 58.2 Å². The van der Waals surface area contributed by atoms with E-state index in [1.54, 1.807) is 0 Å². The van der Waals surface area contributed by atoms with E-state index in [9.17, 15) is 9.59 Å². The first-order valence-corrected chi connectivity index (χ1v) is 9.32. The number of rotatable bonds is 7. The molecule has 0 aliphatic rings. The van der Waals surface area contributed by atoms with Crippen LogP contribution in [-0.2, 0) is 6.42 Å². The Labute approximate surface area is 159 Å². The van der Waals surface area contributed by atoms with Gasteiger partial charge in [-0.15, -0.1) is 0 Å². The number of amides is 2. The lowest BCUT2D eigenvalue weighted by atomic mass is 9.95. The number of fused-ring (bicyclic) bond motifs is 1. The van der Waals surface area contributed by atoms with Crippen molar-refractivity contribution in [3.63, 3.8) is 0 Å². The predicted molar refractivity (Wildman–Crippen MR) is 109 cm³/mol. The van der Waals surface area contributed by atoms with Crippen molar-refractivity contribution in [3.8, 4) is 0 Å². The molecular weight excluding hydrogens is 336 g/mol. The highest BCUT2D eigenvalue weighted by Crippen LogP contribution is 2.23. The summed E-state index contributed by atoms with van der Waals surface area (Å²) >= 11 is 0. The van der Waals surface area contributed by atoms with Crippen LogP contribution in [0.3, 0.4) is 0 Å². The molecule has 0 saturated heterocycles. The largest absolute Gasteiger partial charge is 0.338 e. The number of carbonyl (C=O) groups excluding carboxylic acids is 2. The fourth-order valence-electron chi connectivity index (χ4n) is 3.10. The Morgan fingerprint density at radius 1 is 0.815 bits per heavy atom. The van der Waals surface area contributed by atoms with Crippen LogP contribution in [0.25, 0.3) is 10.8 Å². The van der Waals surface area contributed by atoms with Crippen LogP contribution in [0, 0.1) is 0 Å². The predicted octanol–water partition coefficient (Wildman–Crippen LogP) is 4.32. The van der Waals surface area contributed by atoms with Gasteiger partial charge in [0.25, 0.3) is 0 Å². The van der Waals surface area contributed by atoms with E-state index in [0.29, 0.717) is 30.6 Å². The SMILES string of the molecule is CCCNC(=O)NCCc1cc(C(=O)c2ccccc2)cc2ccccc12. The minimum atomic E-state index is -0.155. The fraction of sp³-hybridized carbons (Fsp3) is 0.217. The third kappa shape index (κ3) is 4.73. The third-order valence-electron chi connectivity index (χ3n) is 4.46.